The third-order valence-corrected chi connectivity index (χ3v) is 4.80. The van der Waals surface area contributed by atoms with Crippen LogP contribution in [-0.4, -0.2) is 11.4 Å². The number of fused-ring (bicyclic) bond motifs is 3. The number of hydrogen-bond acceptors (Lipinski definition) is 3. The molecule has 2 nitrogen and oxygen atoms in total. The van der Waals surface area contributed by atoms with Crippen LogP contribution in [0.25, 0.3) is 11.0 Å². The summed E-state index contributed by atoms with van der Waals surface area (Å²) in [6.07, 6.45) is -4.52. The number of benzene rings is 1. The summed E-state index contributed by atoms with van der Waals surface area (Å²) in [4.78, 5) is 11.8. The highest BCUT2D eigenvalue weighted by Crippen LogP contribution is 2.45. The molecule has 1 atom stereocenters. The molecule has 0 radical (unpaired) electrons. The highest BCUT2D eigenvalue weighted by Gasteiger charge is 2.45. The molecule has 1 aromatic heterocycles. The average molecular weight is 351 g/mol. The van der Waals surface area contributed by atoms with Gasteiger partial charge >= 0.3 is 11.8 Å². The van der Waals surface area contributed by atoms with Crippen LogP contribution in [0.5, 0.6) is 0 Å². The van der Waals surface area contributed by atoms with Crippen molar-refractivity contribution in [1.29, 1.82) is 0 Å². The van der Waals surface area contributed by atoms with Gasteiger partial charge in [-0.3, -0.25) is 0 Å². The lowest BCUT2D eigenvalue weighted by Crippen LogP contribution is -2.24. The summed E-state index contributed by atoms with van der Waals surface area (Å²) in [5.74, 6) is 0. The molecular weight excluding hydrogens is 345 g/mol. The maximum absolute atomic E-state index is 12.8. The topological polar surface area (TPSA) is 30.2 Å². The predicted molar refractivity (Wildman–Crippen MR) is 69.6 cm³/mol. The summed E-state index contributed by atoms with van der Waals surface area (Å²) in [5.41, 5.74) is 0.0526. The molecule has 3 rings (SSSR count). The van der Waals surface area contributed by atoms with Gasteiger partial charge in [0, 0.05) is 9.86 Å². The number of alkyl halides is 3. The Morgan fingerprint density at radius 2 is 2.11 bits per heavy atom. The first kappa shape index (κ1) is 13.1. The molecule has 0 N–H and O–H groups in total. The second-order valence-corrected chi connectivity index (χ2v) is 6.32. The summed E-state index contributed by atoms with van der Waals surface area (Å²) in [6.45, 7) is 0. The van der Waals surface area contributed by atoms with Gasteiger partial charge in [0.1, 0.15) is 10.8 Å². The lowest BCUT2D eigenvalue weighted by molar-refractivity contribution is -0.127. The van der Waals surface area contributed by atoms with Crippen LogP contribution in [0.3, 0.4) is 0 Å². The number of thioether (sulfide) groups is 1. The molecule has 0 fully saturated rings. The van der Waals surface area contributed by atoms with E-state index in [0.717, 1.165) is 4.47 Å². The van der Waals surface area contributed by atoms with E-state index in [1.165, 1.54) is 0 Å². The van der Waals surface area contributed by atoms with Crippen molar-refractivity contribution in [2.75, 3.05) is 0 Å². The van der Waals surface area contributed by atoms with Crippen molar-refractivity contribution in [3.05, 3.63) is 38.7 Å². The number of halogens is 4. The highest BCUT2D eigenvalue weighted by atomic mass is 79.9. The molecule has 1 aliphatic heterocycles. The van der Waals surface area contributed by atoms with E-state index in [-0.39, 0.29) is 11.3 Å². The fourth-order valence-electron chi connectivity index (χ4n) is 2.09. The summed E-state index contributed by atoms with van der Waals surface area (Å²) < 4.78 is 44.1. The van der Waals surface area contributed by atoms with Crippen LogP contribution in [-0.2, 0) is 6.42 Å². The van der Waals surface area contributed by atoms with E-state index in [0.29, 0.717) is 28.3 Å². The zero-order valence-electron chi connectivity index (χ0n) is 9.25. The van der Waals surface area contributed by atoms with Gasteiger partial charge in [-0.1, -0.05) is 15.9 Å². The first-order valence-corrected chi connectivity index (χ1v) is 7.02. The van der Waals surface area contributed by atoms with Crippen LogP contribution in [0.15, 0.2) is 36.8 Å². The van der Waals surface area contributed by atoms with Gasteiger partial charge in [0.15, 0.2) is 0 Å². The molecule has 1 aromatic carbocycles. The highest BCUT2D eigenvalue weighted by molar-refractivity contribution is 9.10. The zero-order valence-corrected chi connectivity index (χ0v) is 11.7. The summed E-state index contributed by atoms with van der Waals surface area (Å²) in [6, 6.07) is 4.93. The van der Waals surface area contributed by atoms with Gasteiger partial charge in [0.05, 0.1) is 4.90 Å². The minimum absolute atomic E-state index is 0.0768. The van der Waals surface area contributed by atoms with Gasteiger partial charge in [-0.2, -0.15) is 13.2 Å². The van der Waals surface area contributed by atoms with Gasteiger partial charge in [-0.15, -0.1) is 11.8 Å². The Morgan fingerprint density at radius 3 is 2.79 bits per heavy atom. The van der Waals surface area contributed by atoms with Gasteiger partial charge in [0.2, 0.25) is 0 Å². The van der Waals surface area contributed by atoms with Crippen molar-refractivity contribution in [3.8, 4) is 0 Å². The van der Waals surface area contributed by atoms with Crippen LogP contribution in [0, 0.1) is 0 Å². The first-order valence-electron chi connectivity index (χ1n) is 5.35. The standard InChI is InChI=1S/C12H6BrF3O2S/c13-5-1-2-8-6(3-5)7-4-9(12(14,15)16)19-10(7)11(17)18-8/h1-3,9H,4H2. The summed E-state index contributed by atoms with van der Waals surface area (Å²) in [5, 5.41) is -1.02. The quantitative estimate of drug-likeness (QED) is 0.669. The minimum atomic E-state index is -4.32. The third-order valence-electron chi connectivity index (χ3n) is 2.94. The Labute approximate surface area is 118 Å². The number of hydrogen-bond donors (Lipinski definition) is 0. The van der Waals surface area contributed by atoms with E-state index in [2.05, 4.69) is 15.9 Å². The van der Waals surface area contributed by atoms with Gasteiger partial charge in [-0.05, 0) is 30.2 Å². The second kappa shape index (κ2) is 4.28. The molecule has 0 spiro atoms. The summed E-state index contributed by atoms with van der Waals surface area (Å²) in [7, 11) is 0. The van der Waals surface area contributed by atoms with Crippen LogP contribution in [0.2, 0.25) is 0 Å². The average Bonchev–Trinajstić information content (AvgIpc) is 2.76. The smallest absolute Gasteiger partial charge is 0.401 e. The Balaban J connectivity index is 2.23. The Bertz CT molecular complexity index is 723. The van der Waals surface area contributed by atoms with Crippen molar-refractivity contribution in [3.63, 3.8) is 0 Å². The Kier molecular flexibility index (Phi) is 2.94. The van der Waals surface area contributed by atoms with Crippen molar-refractivity contribution >= 4 is 38.7 Å². The van der Waals surface area contributed by atoms with Crippen molar-refractivity contribution in [1.82, 2.24) is 0 Å². The van der Waals surface area contributed by atoms with Gasteiger partial charge in [0.25, 0.3) is 0 Å². The third kappa shape index (κ3) is 2.18. The molecular formula is C12H6BrF3O2S. The molecule has 0 saturated heterocycles. The van der Waals surface area contributed by atoms with Gasteiger partial charge < -0.3 is 4.42 Å². The number of rotatable bonds is 0. The van der Waals surface area contributed by atoms with E-state index >= 15 is 0 Å². The molecule has 1 aliphatic rings. The molecule has 2 heterocycles. The maximum atomic E-state index is 12.8. The molecule has 100 valence electrons. The second-order valence-electron chi connectivity index (χ2n) is 4.19. The lowest BCUT2D eigenvalue weighted by Gasteiger charge is -2.11. The largest absolute Gasteiger partial charge is 0.422 e. The van der Waals surface area contributed by atoms with E-state index in [4.69, 9.17) is 4.42 Å². The fraction of sp³-hybridized carbons (Fsp3) is 0.250. The van der Waals surface area contributed by atoms with Crippen LogP contribution in [0.1, 0.15) is 5.56 Å². The van der Waals surface area contributed by atoms with E-state index in [9.17, 15) is 18.0 Å². The monoisotopic (exact) mass is 350 g/mol. The Morgan fingerprint density at radius 1 is 1.37 bits per heavy atom. The van der Waals surface area contributed by atoms with Crippen molar-refractivity contribution < 1.29 is 17.6 Å². The van der Waals surface area contributed by atoms with E-state index in [1.807, 2.05) is 0 Å². The molecule has 0 bridgehead atoms. The van der Waals surface area contributed by atoms with E-state index < -0.39 is 17.1 Å². The Hall–Kier alpha value is -0.950. The minimum Gasteiger partial charge on any atom is -0.422 e. The fourth-order valence-corrected chi connectivity index (χ4v) is 3.60. The van der Waals surface area contributed by atoms with E-state index in [1.54, 1.807) is 18.2 Å². The zero-order chi connectivity index (χ0) is 13.8. The summed E-state index contributed by atoms with van der Waals surface area (Å²) >= 11 is 3.81. The molecule has 0 saturated carbocycles. The molecule has 19 heavy (non-hydrogen) atoms. The first-order chi connectivity index (χ1) is 8.86. The van der Waals surface area contributed by atoms with Crippen LogP contribution >= 0.6 is 27.7 Å². The van der Waals surface area contributed by atoms with Gasteiger partial charge in [-0.25, -0.2) is 4.79 Å². The molecule has 0 amide bonds. The van der Waals surface area contributed by atoms with Crippen LogP contribution in [0.4, 0.5) is 13.2 Å². The van der Waals surface area contributed by atoms with Crippen molar-refractivity contribution in [2.24, 2.45) is 0 Å². The molecule has 7 heteroatoms. The van der Waals surface area contributed by atoms with Crippen molar-refractivity contribution in [2.45, 2.75) is 22.7 Å². The molecule has 1 unspecified atom stereocenters. The molecule has 2 aromatic rings. The maximum Gasteiger partial charge on any atom is 0.401 e. The van der Waals surface area contributed by atoms with Crippen LogP contribution < -0.4 is 5.63 Å². The SMILES string of the molecule is O=c1oc2ccc(Br)cc2c2c1SC(C(F)(F)F)C2. The normalized spacial score (nSPS) is 18.8. The predicted octanol–water partition coefficient (Wildman–Crippen LogP) is 4.13. The molecule has 0 aliphatic carbocycles. The lowest BCUT2D eigenvalue weighted by atomic mass is 10.1.